The van der Waals surface area contributed by atoms with Crippen LogP contribution in [-0.2, 0) is 0 Å². The van der Waals surface area contributed by atoms with Crippen LogP contribution in [0.4, 0.5) is 0 Å². The minimum Gasteiger partial charge on any atom is -0.494 e. The van der Waals surface area contributed by atoms with Crippen molar-refractivity contribution < 1.29 is 18.9 Å². The highest BCUT2D eigenvalue weighted by molar-refractivity contribution is 7.26. The third kappa shape index (κ3) is 42.2. The van der Waals surface area contributed by atoms with Gasteiger partial charge in [0.1, 0.15) is 23.0 Å². The molecule has 7 aromatic rings. The lowest BCUT2D eigenvalue weighted by Crippen LogP contribution is -1.98. The minimum atomic E-state index is 0.769. The lowest BCUT2D eigenvalue weighted by molar-refractivity contribution is 0.304. The Balaban J connectivity index is 0.951. The van der Waals surface area contributed by atoms with Crippen LogP contribution in [0.5, 0.6) is 23.0 Å². The summed E-state index contributed by atoms with van der Waals surface area (Å²) in [4.78, 5) is 7.62. The molecule has 3 aromatic heterocycles. The molecule has 0 aliphatic rings. The average molecular weight is 1570 g/mol. The fourth-order valence-corrected chi connectivity index (χ4v) is 18.6. The number of benzene rings is 4. The maximum atomic E-state index is 6.37. The molecular weight excluding hydrogens is 1410 g/mol. The molecule has 0 saturated heterocycles. The molecule has 0 N–H and O–H groups in total. The van der Waals surface area contributed by atoms with Crippen molar-refractivity contribution in [3.05, 3.63) is 165 Å². The van der Waals surface area contributed by atoms with Crippen LogP contribution in [-0.4, -0.2) is 26.4 Å². The summed E-state index contributed by atoms with van der Waals surface area (Å²) in [6.45, 7) is 12.3. The normalized spacial score (nSPS) is 11.4. The summed E-state index contributed by atoms with van der Waals surface area (Å²) in [5.41, 5.74) is 7.13. The Kier molecular flexibility index (Phi) is 52.6. The number of thiophene rings is 3. The number of hydrogen-bond acceptors (Lipinski definition) is 7. The summed E-state index contributed by atoms with van der Waals surface area (Å²) in [7, 11) is 0. The molecule has 614 valence electrons. The van der Waals surface area contributed by atoms with E-state index in [1.807, 2.05) is 34.0 Å². The lowest BCUT2D eigenvalue weighted by atomic mass is 9.97. The molecular formula is C104H156O4S3. The Morgan fingerprint density at radius 2 is 0.351 bits per heavy atom. The Labute approximate surface area is 693 Å². The average Bonchev–Trinajstić information content (AvgIpc) is 1.80. The third-order valence-corrected chi connectivity index (χ3v) is 26.2. The molecule has 0 amide bonds. The van der Waals surface area contributed by atoms with E-state index in [0.29, 0.717) is 0 Å². The summed E-state index contributed by atoms with van der Waals surface area (Å²) in [5.74, 6) is 3.79. The van der Waals surface area contributed by atoms with Gasteiger partial charge in [-0.2, -0.15) is 0 Å². The molecule has 0 unspecified atom stereocenters. The highest BCUT2D eigenvalue weighted by Crippen LogP contribution is 2.43. The summed E-state index contributed by atoms with van der Waals surface area (Å²) in [5, 5.41) is 0. The van der Waals surface area contributed by atoms with Crippen LogP contribution >= 0.6 is 34.0 Å². The van der Waals surface area contributed by atoms with Gasteiger partial charge in [0.2, 0.25) is 0 Å². The highest BCUT2D eigenvalue weighted by atomic mass is 32.1. The van der Waals surface area contributed by atoms with E-state index in [1.54, 1.807) is 0 Å². The molecule has 0 bridgehead atoms. The molecule has 3 heterocycles. The van der Waals surface area contributed by atoms with E-state index in [0.717, 1.165) is 75.1 Å². The molecule has 0 spiro atoms. The maximum absolute atomic E-state index is 6.37. The van der Waals surface area contributed by atoms with Gasteiger partial charge >= 0.3 is 0 Å². The van der Waals surface area contributed by atoms with E-state index >= 15 is 0 Å². The van der Waals surface area contributed by atoms with Crippen LogP contribution in [0.1, 0.15) is 419 Å². The fourth-order valence-electron chi connectivity index (χ4n) is 15.5. The number of unbranched alkanes of at least 4 members (excludes halogenated alkanes) is 52. The predicted molar refractivity (Wildman–Crippen MR) is 494 cm³/mol. The van der Waals surface area contributed by atoms with Crippen LogP contribution in [0, 0.1) is 0 Å². The third-order valence-electron chi connectivity index (χ3n) is 22.6. The first-order chi connectivity index (χ1) is 55.0. The number of rotatable bonds is 72. The lowest BCUT2D eigenvalue weighted by Gasteiger charge is -2.12. The van der Waals surface area contributed by atoms with Gasteiger partial charge in [-0.15, -0.1) is 34.0 Å². The summed E-state index contributed by atoms with van der Waals surface area (Å²) in [6, 6.07) is 49.2. The largest absolute Gasteiger partial charge is 0.494 e. The Morgan fingerprint density at radius 3 is 0.541 bits per heavy atom. The van der Waals surface area contributed by atoms with E-state index in [9.17, 15) is 0 Å². The van der Waals surface area contributed by atoms with Crippen molar-refractivity contribution in [2.45, 2.75) is 387 Å². The second-order valence-corrected chi connectivity index (χ2v) is 35.9. The zero-order valence-corrected chi connectivity index (χ0v) is 73.6. The molecule has 0 fully saturated rings. The second-order valence-electron chi connectivity index (χ2n) is 32.6. The van der Waals surface area contributed by atoms with Gasteiger partial charge in [0.05, 0.1) is 26.4 Å². The molecule has 4 aromatic carbocycles. The maximum Gasteiger partial charge on any atom is 0.119 e. The van der Waals surface area contributed by atoms with Crippen LogP contribution < -0.4 is 18.9 Å². The topological polar surface area (TPSA) is 36.9 Å². The Morgan fingerprint density at radius 1 is 0.189 bits per heavy atom. The van der Waals surface area contributed by atoms with Crippen molar-refractivity contribution in [2.75, 3.05) is 26.4 Å². The van der Waals surface area contributed by atoms with Crippen LogP contribution in [0.3, 0.4) is 0 Å². The zero-order chi connectivity index (χ0) is 77.6. The Hall–Kier alpha value is -5.34. The van der Waals surface area contributed by atoms with Gasteiger partial charge in [0.25, 0.3) is 0 Å². The summed E-state index contributed by atoms with van der Waals surface area (Å²) < 4.78 is 25.5. The fraction of sp³-hybridized carbons (Fsp3) is 0.615. The van der Waals surface area contributed by atoms with E-state index in [2.05, 4.69) is 173 Å². The minimum absolute atomic E-state index is 0.769. The monoisotopic (exact) mass is 1570 g/mol. The van der Waals surface area contributed by atoms with E-state index in [-0.39, 0.29) is 0 Å². The van der Waals surface area contributed by atoms with E-state index < -0.39 is 0 Å². The SMILES string of the molecule is CCCCCCCCCCCCCCCCOc1ccc(C(=Cc2ccc(-c3ccc(-c4ccc(C=C(c5ccc(OCCCCCCCCCCCCCCCC)cc5)c5ccc(OCCCCCCCCCCCCCCCC)cc5)s4)s3)s2)c2ccc(OCCCCCCCCCCCCCCCC)cc2)cc1. The molecule has 111 heavy (non-hydrogen) atoms. The standard InChI is InChI=1S/C104H156O4S3/c1-5-9-13-17-21-25-29-33-37-41-45-49-53-57-83-105-93-69-61-89(62-70-93)99(90-63-71-94(72-64-90)106-84-58-54-50-46-42-38-34-30-26-22-18-14-10-6-2)87-97-77-79-101(109-97)103-81-82-104(111-103)102-80-78-98(110-102)88-100(91-65-73-95(74-66-91)107-85-59-55-51-47-43-39-35-31-27-23-19-15-11-7-3)92-67-75-96(76-68-92)108-86-60-56-52-48-44-40-36-32-28-24-20-16-12-8-4/h61-82,87-88H,5-60,83-86H2,1-4H3. The van der Waals surface area contributed by atoms with Gasteiger partial charge in [0.15, 0.2) is 0 Å². The van der Waals surface area contributed by atoms with Gasteiger partial charge in [-0.25, -0.2) is 0 Å². The van der Waals surface area contributed by atoms with Crippen molar-refractivity contribution in [2.24, 2.45) is 0 Å². The highest BCUT2D eigenvalue weighted by Gasteiger charge is 2.15. The van der Waals surface area contributed by atoms with Gasteiger partial charge in [-0.1, -0.05) is 410 Å². The first-order valence-electron chi connectivity index (χ1n) is 46.7. The molecule has 4 nitrogen and oxygen atoms in total. The van der Waals surface area contributed by atoms with E-state index in [1.165, 1.54) is 397 Å². The smallest absolute Gasteiger partial charge is 0.119 e. The predicted octanol–water partition coefficient (Wildman–Crippen LogP) is 35.8. The van der Waals surface area contributed by atoms with Crippen molar-refractivity contribution in [3.63, 3.8) is 0 Å². The first-order valence-corrected chi connectivity index (χ1v) is 49.1. The van der Waals surface area contributed by atoms with Gasteiger partial charge < -0.3 is 18.9 Å². The number of hydrogen-bond donors (Lipinski definition) is 0. The second kappa shape index (κ2) is 63.0. The first kappa shape index (κ1) is 92.8. The molecule has 0 aliphatic heterocycles. The van der Waals surface area contributed by atoms with Crippen molar-refractivity contribution in [3.8, 4) is 42.5 Å². The van der Waals surface area contributed by atoms with E-state index in [4.69, 9.17) is 18.9 Å². The molecule has 7 heteroatoms. The van der Waals surface area contributed by atoms with Crippen LogP contribution in [0.15, 0.2) is 133 Å². The van der Waals surface area contributed by atoms with Gasteiger partial charge in [-0.05, 0) is 156 Å². The quantitative estimate of drug-likeness (QED) is 0.0356. The molecule has 7 rings (SSSR count). The van der Waals surface area contributed by atoms with Gasteiger partial charge in [-0.3, -0.25) is 0 Å². The van der Waals surface area contributed by atoms with Crippen molar-refractivity contribution in [1.29, 1.82) is 0 Å². The molecule has 0 aliphatic carbocycles. The number of ether oxygens (including phenoxy) is 4. The molecule has 0 saturated carbocycles. The molecule has 0 atom stereocenters. The van der Waals surface area contributed by atoms with Crippen molar-refractivity contribution >= 4 is 57.3 Å². The van der Waals surface area contributed by atoms with Gasteiger partial charge in [0, 0.05) is 29.3 Å². The van der Waals surface area contributed by atoms with Crippen molar-refractivity contribution in [1.82, 2.24) is 0 Å². The zero-order valence-electron chi connectivity index (χ0n) is 71.1. The van der Waals surface area contributed by atoms with Crippen LogP contribution in [0.25, 0.3) is 42.8 Å². The molecule has 0 radical (unpaired) electrons. The van der Waals surface area contributed by atoms with Crippen LogP contribution in [0.2, 0.25) is 0 Å². The summed E-state index contributed by atoms with van der Waals surface area (Å²) >= 11 is 5.63. The Bertz CT molecular complexity index is 2980. The summed E-state index contributed by atoms with van der Waals surface area (Å²) in [6.07, 6.45) is 81.0.